The van der Waals surface area contributed by atoms with Crippen molar-refractivity contribution in [1.29, 1.82) is 0 Å². The standard InChI is InChI=1S/C10H19NO4S.ClH/c1-2-15-16(12,13)10-6-11-5-9(10)8-3-4-14-7-8;/h8-11H,2-7H2,1H3;1H. The summed E-state index contributed by atoms with van der Waals surface area (Å²) in [5.41, 5.74) is 0. The van der Waals surface area contributed by atoms with Crippen molar-refractivity contribution in [2.45, 2.75) is 18.6 Å². The van der Waals surface area contributed by atoms with E-state index < -0.39 is 15.4 Å². The van der Waals surface area contributed by atoms with Crippen LogP contribution in [0.25, 0.3) is 0 Å². The summed E-state index contributed by atoms with van der Waals surface area (Å²) in [6.07, 6.45) is 0.963. The van der Waals surface area contributed by atoms with Gasteiger partial charge < -0.3 is 10.1 Å². The average Bonchev–Trinajstić information content (AvgIpc) is 2.88. The third-order valence-electron chi connectivity index (χ3n) is 3.43. The van der Waals surface area contributed by atoms with E-state index in [2.05, 4.69) is 5.32 Å². The van der Waals surface area contributed by atoms with Gasteiger partial charge in [-0.1, -0.05) is 0 Å². The van der Waals surface area contributed by atoms with E-state index in [0.29, 0.717) is 19.1 Å². The second-order valence-corrected chi connectivity index (χ2v) is 6.21. The maximum atomic E-state index is 11.9. The predicted octanol–water partition coefficient (Wildman–Crippen LogP) is 0.399. The number of halogens is 1. The van der Waals surface area contributed by atoms with Crippen molar-refractivity contribution in [1.82, 2.24) is 5.32 Å². The van der Waals surface area contributed by atoms with Crippen LogP contribution in [-0.4, -0.2) is 46.6 Å². The molecule has 0 amide bonds. The highest BCUT2D eigenvalue weighted by atomic mass is 35.5. The smallest absolute Gasteiger partial charge is 0.271 e. The van der Waals surface area contributed by atoms with Crippen LogP contribution in [0.3, 0.4) is 0 Å². The lowest BCUT2D eigenvalue weighted by Gasteiger charge is -2.22. The molecule has 0 aromatic carbocycles. The van der Waals surface area contributed by atoms with Gasteiger partial charge >= 0.3 is 0 Å². The first-order valence-electron chi connectivity index (χ1n) is 5.82. The Morgan fingerprint density at radius 2 is 2.18 bits per heavy atom. The fourth-order valence-corrected chi connectivity index (χ4v) is 4.18. The minimum absolute atomic E-state index is 0. The van der Waals surface area contributed by atoms with Gasteiger partial charge in [-0.25, -0.2) is 0 Å². The molecule has 2 heterocycles. The molecule has 0 saturated carbocycles. The van der Waals surface area contributed by atoms with E-state index in [4.69, 9.17) is 8.92 Å². The molecule has 2 aliphatic rings. The van der Waals surface area contributed by atoms with Crippen molar-refractivity contribution in [3.63, 3.8) is 0 Å². The molecule has 3 unspecified atom stereocenters. The fraction of sp³-hybridized carbons (Fsp3) is 1.00. The van der Waals surface area contributed by atoms with Gasteiger partial charge in [0.2, 0.25) is 0 Å². The van der Waals surface area contributed by atoms with Crippen LogP contribution < -0.4 is 5.32 Å². The molecule has 1 N–H and O–H groups in total. The van der Waals surface area contributed by atoms with Crippen molar-refractivity contribution in [3.8, 4) is 0 Å². The molecule has 2 saturated heterocycles. The quantitative estimate of drug-likeness (QED) is 0.758. The maximum Gasteiger partial charge on any atom is 0.271 e. The molecule has 0 aromatic rings. The predicted molar refractivity (Wildman–Crippen MR) is 66.9 cm³/mol. The molecular weight excluding hydrogens is 266 g/mol. The Kier molecular flexibility index (Phi) is 5.66. The Balaban J connectivity index is 0.00000144. The number of ether oxygens (including phenoxy) is 1. The van der Waals surface area contributed by atoms with E-state index in [0.717, 1.165) is 19.6 Å². The summed E-state index contributed by atoms with van der Waals surface area (Å²) in [5.74, 6) is 0.495. The van der Waals surface area contributed by atoms with Crippen LogP contribution in [-0.2, 0) is 19.0 Å². The van der Waals surface area contributed by atoms with Gasteiger partial charge in [-0.05, 0) is 31.7 Å². The summed E-state index contributed by atoms with van der Waals surface area (Å²) in [6.45, 7) is 4.61. The lowest BCUT2D eigenvalue weighted by molar-refractivity contribution is 0.174. The third-order valence-corrected chi connectivity index (χ3v) is 5.25. The molecule has 0 bridgehead atoms. The average molecular weight is 286 g/mol. The second kappa shape index (κ2) is 6.33. The first-order chi connectivity index (χ1) is 7.65. The van der Waals surface area contributed by atoms with Crippen molar-refractivity contribution in [2.24, 2.45) is 11.8 Å². The summed E-state index contributed by atoms with van der Waals surface area (Å²) >= 11 is 0. The summed E-state index contributed by atoms with van der Waals surface area (Å²) in [6, 6.07) is 0. The van der Waals surface area contributed by atoms with Gasteiger partial charge in [0, 0.05) is 19.8 Å². The molecule has 2 aliphatic heterocycles. The van der Waals surface area contributed by atoms with Crippen LogP contribution >= 0.6 is 12.4 Å². The normalized spacial score (nSPS) is 33.6. The van der Waals surface area contributed by atoms with Crippen molar-refractivity contribution in [3.05, 3.63) is 0 Å². The van der Waals surface area contributed by atoms with Gasteiger partial charge in [-0.3, -0.25) is 4.18 Å². The van der Waals surface area contributed by atoms with E-state index in [1.54, 1.807) is 6.92 Å². The molecule has 5 nitrogen and oxygen atoms in total. The molecular formula is C10H20ClNO4S. The highest BCUT2D eigenvalue weighted by Crippen LogP contribution is 2.31. The summed E-state index contributed by atoms with van der Waals surface area (Å²) in [7, 11) is -3.41. The zero-order valence-electron chi connectivity index (χ0n) is 9.92. The molecule has 17 heavy (non-hydrogen) atoms. The monoisotopic (exact) mass is 285 g/mol. The molecule has 3 atom stereocenters. The number of nitrogens with one attached hydrogen (secondary N) is 1. The summed E-state index contributed by atoms with van der Waals surface area (Å²) in [4.78, 5) is 0. The van der Waals surface area contributed by atoms with E-state index in [1.807, 2.05) is 0 Å². The Morgan fingerprint density at radius 1 is 1.41 bits per heavy atom. The van der Waals surface area contributed by atoms with Gasteiger partial charge in [0.05, 0.1) is 6.61 Å². The van der Waals surface area contributed by atoms with Crippen LogP contribution in [0.1, 0.15) is 13.3 Å². The lowest BCUT2D eigenvalue weighted by atomic mass is 9.91. The van der Waals surface area contributed by atoms with E-state index in [1.165, 1.54) is 0 Å². The first kappa shape index (κ1) is 15.2. The molecule has 0 spiro atoms. The minimum Gasteiger partial charge on any atom is -0.381 e. The van der Waals surface area contributed by atoms with Gasteiger partial charge in [0.15, 0.2) is 0 Å². The molecule has 2 fully saturated rings. The van der Waals surface area contributed by atoms with E-state index >= 15 is 0 Å². The van der Waals surface area contributed by atoms with Gasteiger partial charge in [-0.2, -0.15) is 8.42 Å². The van der Waals surface area contributed by atoms with E-state index in [-0.39, 0.29) is 24.9 Å². The number of rotatable bonds is 4. The Labute approximate surface area is 109 Å². The topological polar surface area (TPSA) is 64.6 Å². The highest BCUT2D eigenvalue weighted by molar-refractivity contribution is 7.87. The Hall–Kier alpha value is 0.120. The van der Waals surface area contributed by atoms with Gasteiger partial charge in [0.25, 0.3) is 10.1 Å². The summed E-state index contributed by atoms with van der Waals surface area (Å²) in [5, 5.41) is 2.75. The SMILES string of the molecule is CCOS(=O)(=O)C1CNCC1C1CCOC1.Cl. The minimum atomic E-state index is -3.41. The van der Waals surface area contributed by atoms with Crippen LogP contribution in [0.5, 0.6) is 0 Å². The van der Waals surface area contributed by atoms with Gasteiger partial charge in [-0.15, -0.1) is 12.4 Å². The molecule has 0 radical (unpaired) electrons. The Morgan fingerprint density at radius 3 is 2.76 bits per heavy atom. The Bertz CT molecular complexity index is 329. The van der Waals surface area contributed by atoms with Crippen molar-refractivity contribution < 1.29 is 17.3 Å². The van der Waals surface area contributed by atoms with Crippen LogP contribution in [0.2, 0.25) is 0 Å². The molecule has 7 heteroatoms. The molecule has 0 aromatic heterocycles. The van der Waals surface area contributed by atoms with Crippen LogP contribution in [0.15, 0.2) is 0 Å². The highest BCUT2D eigenvalue weighted by Gasteiger charge is 2.43. The number of hydrogen-bond acceptors (Lipinski definition) is 5. The van der Waals surface area contributed by atoms with E-state index in [9.17, 15) is 8.42 Å². The van der Waals surface area contributed by atoms with Gasteiger partial charge in [0.1, 0.15) is 5.25 Å². The number of hydrogen-bond donors (Lipinski definition) is 1. The molecule has 0 aliphatic carbocycles. The van der Waals surface area contributed by atoms with Crippen LogP contribution in [0.4, 0.5) is 0 Å². The second-order valence-electron chi connectivity index (χ2n) is 4.38. The third kappa shape index (κ3) is 3.32. The van der Waals surface area contributed by atoms with Crippen LogP contribution in [0, 0.1) is 11.8 Å². The molecule has 102 valence electrons. The summed E-state index contributed by atoms with van der Waals surface area (Å²) < 4.78 is 34.0. The zero-order chi connectivity index (χ0) is 11.6. The van der Waals surface area contributed by atoms with Crippen molar-refractivity contribution in [2.75, 3.05) is 32.9 Å². The first-order valence-corrected chi connectivity index (χ1v) is 7.29. The molecule has 2 rings (SSSR count). The largest absolute Gasteiger partial charge is 0.381 e. The van der Waals surface area contributed by atoms with Crippen molar-refractivity contribution >= 4 is 22.5 Å². The maximum absolute atomic E-state index is 11.9. The lowest BCUT2D eigenvalue weighted by Crippen LogP contribution is -2.35. The fourth-order valence-electron chi connectivity index (χ4n) is 2.60. The zero-order valence-corrected chi connectivity index (χ0v) is 11.6.